The maximum Gasteiger partial charge on any atom is -0.0149 e. The molecule has 0 atom stereocenters. The Bertz CT molecular complexity index is 2680. The standard InChI is InChI=1S/C66H62/c1-3-5-7-11-21-63-47-66(62-45-41-60(42-46-62)58-37-33-56(34-38-58)54-29-25-52(26-30-54)50-19-15-10-16-20-50)64(22-12-8-6-4-2)48-65(63)61-43-39-59(40-44-61)57-35-31-55(32-36-57)53-27-23-51(24-28-53)49-17-13-9-14-18-49/h9-10,13-20,23-48H,3-8,11-12,21-22H2,1-2H3. The molecule has 0 nitrogen and oxygen atoms in total. The predicted molar refractivity (Wildman–Crippen MR) is 286 cm³/mol. The van der Waals surface area contributed by atoms with Gasteiger partial charge in [-0.3, -0.25) is 0 Å². The van der Waals surface area contributed by atoms with Crippen molar-refractivity contribution in [1.82, 2.24) is 0 Å². The molecule has 0 saturated heterocycles. The molecule has 0 heterocycles. The fourth-order valence-electron chi connectivity index (χ4n) is 9.49. The molecule has 0 saturated carbocycles. The van der Waals surface area contributed by atoms with Gasteiger partial charge in [-0.15, -0.1) is 0 Å². The number of benzene rings is 9. The molecule has 66 heavy (non-hydrogen) atoms. The Morgan fingerprint density at radius 3 is 0.652 bits per heavy atom. The van der Waals surface area contributed by atoms with Crippen molar-refractivity contribution in [3.63, 3.8) is 0 Å². The van der Waals surface area contributed by atoms with E-state index in [9.17, 15) is 0 Å². The number of unbranched alkanes of at least 4 members (excludes halogenated alkanes) is 6. The molecule has 9 aromatic carbocycles. The van der Waals surface area contributed by atoms with Crippen molar-refractivity contribution < 1.29 is 0 Å². The normalized spacial score (nSPS) is 11.2. The summed E-state index contributed by atoms with van der Waals surface area (Å²) >= 11 is 0. The van der Waals surface area contributed by atoms with Crippen LogP contribution in [-0.2, 0) is 12.8 Å². The molecule has 326 valence electrons. The van der Waals surface area contributed by atoms with Crippen LogP contribution in [0.15, 0.2) is 218 Å². The molecule has 0 aromatic heterocycles. The number of rotatable bonds is 18. The van der Waals surface area contributed by atoms with E-state index in [2.05, 4.69) is 232 Å². The van der Waals surface area contributed by atoms with Crippen LogP contribution in [-0.4, -0.2) is 0 Å². The highest BCUT2D eigenvalue weighted by molar-refractivity contribution is 5.81. The van der Waals surface area contributed by atoms with E-state index in [1.54, 1.807) is 0 Å². The summed E-state index contributed by atoms with van der Waals surface area (Å²) in [6, 6.07) is 81.0. The van der Waals surface area contributed by atoms with Crippen LogP contribution in [0.1, 0.15) is 76.3 Å². The number of aryl methyl sites for hydroxylation is 2. The molecule has 0 unspecified atom stereocenters. The van der Waals surface area contributed by atoms with Gasteiger partial charge in [0.2, 0.25) is 0 Å². The first-order chi connectivity index (χ1) is 32.6. The van der Waals surface area contributed by atoms with E-state index in [1.807, 2.05) is 0 Å². The lowest BCUT2D eigenvalue weighted by atomic mass is 9.86. The van der Waals surface area contributed by atoms with Crippen molar-refractivity contribution in [2.75, 3.05) is 0 Å². The first-order valence-electron chi connectivity index (χ1n) is 24.5. The number of hydrogen-bond acceptors (Lipinski definition) is 0. The Morgan fingerprint density at radius 2 is 0.424 bits per heavy atom. The van der Waals surface area contributed by atoms with Crippen LogP contribution >= 0.6 is 0 Å². The maximum absolute atomic E-state index is 2.56. The van der Waals surface area contributed by atoms with Gasteiger partial charge >= 0.3 is 0 Å². The molecular formula is C66H62. The van der Waals surface area contributed by atoms with Gasteiger partial charge in [0.1, 0.15) is 0 Å². The van der Waals surface area contributed by atoms with Crippen LogP contribution in [0.25, 0.3) is 89.0 Å². The molecule has 0 aliphatic carbocycles. The first kappa shape index (κ1) is 44.2. The number of hydrogen-bond donors (Lipinski definition) is 0. The second-order valence-electron chi connectivity index (χ2n) is 18.0. The highest BCUT2D eigenvalue weighted by atomic mass is 14.2. The predicted octanol–water partition coefficient (Wildman–Crippen LogP) is 19.3. The minimum atomic E-state index is 1.09. The van der Waals surface area contributed by atoms with Crippen LogP contribution in [0.4, 0.5) is 0 Å². The van der Waals surface area contributed by atoms with Gasteiger partial charge in [-0.2, -0.15) is 0 Å². The molecule has 0 aliphatic heterocycles. The van der Waals surface area contributed by atoms with Crippen molar-refractivity contribution in [3.8, 4) is 89.0 Å². The smallest absolute Gasteiger partial charge is 0.0149 e. The fraction of sp³-hybridized carbons (Fsp3) is 0.182. The minimum absolute atomic E-state index is 1.09. The molecule has 0 N–H and O–H groups in total. The Kier molecular flexibility index (Phi) is 14.6. The summed E-state index contributed by atoms with van der Waals surface area (Å²) in [5.74, 6) is 0. The van der Waals surface area contributed by atoms with E-state index in [-0.39, 0.29) is 0 Å². The molecule has 0 bridgehead atoms. The molecule has 0 aliphatic rings. The second kappa shape index (κ2) is 21.8. The summed E-state index contributed by atoms with van der Waals surface area (Å²) < 4.78 is 0. The van der Waals surface area contributed by atoms with E-state index in [4.69, 9.17) is 0 Å². The molecule has 0 fully saturated rings. The average molecular weight is 855 g/mol. The van der Waals surface area contributed by atoms with Gasteiger partial charge in [0, 0.05) is 0 Å². The van der Waals surface area contributed by atoms with Crippen molar-refractivity contribution in [2.24, 2.45) is 0 Å². The van der Waals surface area contributed by atoms with Gasteiger partial charge in [0.05, 0.1) is 0 Å². The zero-order chi connectivity index (χ0) is 44.9. The molecule has 0 amide bonds. The molecule has 0 heteroatoms. The minimum Gasteiger partial charge on any atom is -0.0654 e. The molecular weight excluding hydrogens is 793 g/mol. The lowest BCUT2D eigenvalue weighted by molar-refractivity contribution is 0.664. The average Bonchev–Trinajstić information content (AvgIpc) is 3.40. The molecule has 9 rings (SSSR count). The Morgan fingerprint density at radius 1 is 0.212 bits per heavy atom. The SMILES string of the molecule is CCCCCCc1cc(-c2ccc(-c3ccc(-c4ccc(-c5ccccc5)cc4)cc3)cc2)c(CCCCCC)cc1-c1ccc(-c2ccc(-c3ccc(-c4ccccc4)cc3)cc2)cc1. The Labute approximate surface area is 394 Å². The first-order valence-corrected chi connectivity index (χ1v) is 24.5. The Balaban J connectivity index is 0.959. The van der Waals surface area contributed by atoms with E-state index >= 15 is 0 Å². The summed E-state index contributed by atoms with van der Waals surface area (Å²) in [5.41, 5.74) is 23.2. The monoisotopic (exact) mass is 854 g/mol. The third-order valence-corrected chi connectivity index (χ3v) is 13.4. The summed E-state index contributed by atoms with van der Waals surface area (Å²) in [7, 11) is 0. The van der Waals surface area contributed by atoms with Crippen molar-refractivity contribution in [3.05, 3.63) is 230 Å². The van der Waals surface area contributed by atoms with E-state index in [0.717, 1.165) is 12.8 Å². The van der Waals surface area contributed by atoms with Crippen molar-refractivity contribution in [1.29, 1.82) is 0 Å². The van der Waals surface area contributed by atoms with Crippen LogP contribution in [0.5, 0.6) is 0 Å². The van der Waals surface area contributed by atoms with Gasteiger partial charge < -0.3 is 0 Å². The van der Waals surface area contributed by atoms with Crippen molar-refractivity contribution in [2.45, 2.75) is 78.1 Å². The summed E-state index contributed by atoms with van der Waals surface area (Å²) in [5, 5.41) is 0. The van der Waals surface area contributed by atoms with Crippen LogP contribution in [0.2, 0.25) is 0 Å². The van der Waals surface area contributed by atoms with Gasteiger partial charge in [-0.05, 0) is 126 Å². The van der Waals surface area contributed by atoms with Gasteiger partial charge in [-0.25, -0.2) is 0 Å². The van der Waals surface area contributed by atoms with Crippen LogP contribution in [0.3, 0.4) is 0 Å². The largest absolute Gasteiger partial charge is 0.0654 e. The summed E-state index contributed by atoms with van der Waals surface area (Å²) in [6.07, 6.45) is 12.2. The maximum atomic E-state index is 2.56. The van der Waals surface area contributed by atoms with Crippen molar-refractivity contribution >= 4 is 0 Å². The Hall–Kier alpha value is -7.02. The van der Waals surface area contributed by atoms with Gasteiger partial charge in [0.25, 0.3) is 0 Å². The van der Waals surface area contributed by atoms with Gasteiger partial charge in [-0.1, -0.05) is 271 Å². The topological polar surface area (TPSA) is 0 Å². The van der Waals surface area contributed by atoms with Crippen LogP contribution in [0, 0.1) is 0 Å². The lowest BCUT2D eigenvalue weighted by Crippen LogP contribution is -1.99. The molecule has 0 spiro atoms. The van der Waals surface area contributed by atoms with E-state index < -0.39 is 0 Å². The van der Waals surface area contributed by atoms with Gasteiger partial charge in [0.15, 0.2) is 0 Å². The van der Waals surface area contributed by atoms with E-state index in [1.165, 1.54) is 152 Å². The third kappa shape index (κ3) is 10.7. The summed E-state index contributed by atoms with van der Waals surface area (Å²) in [4.78, 5) is 0. The zero-order valence-electron chi connectivity index (χ0n) is 38.9. The summed E-state index contributed by atoms with van der Waals surface area (Å²) in [6.45, 7) is 4.61. The molecule has 0 radical (unpaired) electrons. The quantitative estimate of drug-likeness (QED) is 0.0755. The zero-order valence-corrected chi connectivity index (χ0v) is 38.9. The van der Waals surface area contributed by atoms with E-state index in [0.29, 0.717) is 0 Å². The van der Waals surface area contributed by atoms with Crippen LogP contribution < -0.4 is 0 Å². The molecule has 9 aromatic rings. The lowest BCUT2D eigenvalue weighted by Gasteiger charge is -2.18. The second-order valence-corrected chi connectivity index (χ2v) is 18.0. The highest BCUT2D eigenvalue weighted by Crippen LogP contribution is 2.37. The fourth-order valence-corrected chi connectivity index (χ4v) is 9.49. The third-order valence-electron chi connectivity index (χ3n) is 13.4. The highest BCUT2D eigenvalue weighted by Gasteiger charge is 2.15.